The number of anilines is 1. The number of thiophene rings is 1. The van der Waals surface area contributed by atoms with Crippen molar-refractivity contribution in [2.45, 2.75) is 44.9 Å². The van der Waals surface area contributed by atoms with Crippen LogP contribution in [-0.2, 0) is 16.0 Å². The summed E-state index contributed by atoms with van der Waals surface area (Å²) in [4.78, 5) is 34.3. The maximum absolute atomic E-state index is 13.5. The Morgan fingerprint density at radius 1 is 1.11 bits per heavy atom. The second kappa shape index (κ2) is 11.4. The van der Waals surface area contributed by atoms with Gasteiger partial charge in [0, 0.05) is 23.1 Å². The van der Waals surface area contributed by atoms with E-state index in [4.69, 9.17) is 4.99 Å². The fraction of sp³-hybridized carbons (Fsp3) is 0.321. The van der Waals surface area contributed by atoms with Gasteiger partial charge < -0.3 is 15.3 Å². The summed E-state index contributed by atoms with van der Waals surface area (Å²) < 4.78 is 0. The number of unbranched alkanes of at least 4 members (excludes halogenated alkanes) is 1. The van der Waals surface area contributed by atoms with Gasteiger partial charge in [0.1, 0.15) is 0 Å². The monoisotopic (exact) mass is 489 g/mol. The molecule has 6 nitrogen and oxygen atoms in total. The summed E-state index contributed by atoms with van der Waals surface area (Å²) in [5, 5.41) is 15.7. The maximum Gasteiger partial charge on any atom is 0.272 e. The Bertz CT molecular complexity index is 1180. The topological polar surface area (TPSA) is 82.0 Å². The van der Waals surface area contributed by atoms with Crippen molar-refractivity contribution in [3.63, 3.8) is 0 Å². The van der Waals surface area contributed by atoms with E-state index in [1.807, 2.05) is 72.1 Å². The minimum absolute atomic E-state index is 0.324. The van der Waals surface area contributed by atoms with Gasteiger partial charge >= 0.3 is 0 Å². The van der Waals surface area contributed by atoms with Gasteiger partial charge in [-0.3, -0.25) is 9.59 Å². The molecule has 0 spiro atoms. The average molecular weight is 490 g/mol. The van der Waals surface area contributed by atoms with E-state index in [1.54, 1.807) is 23.3 Å². The number of rotatable bonds is 9. The molecule has 7 heteroatoms. The number of carbonyl (C=O) groups excluding carboxylic acids is 2. The molecule has 4 rings (SSSR count). The third-order valence-corrected chi connectivity index (χ3v) is 7.22. The number of likely N-dealkylation sites (N-methyl/N-ethyl adjacent to an activating group) is 1. The van der Waals surface area contributed by atoms with Crippen molar-refractivity contribution in [1.82, 2.24) is 5.32 Å². The van der Waals surface area contributed by atoms with Gasteiger partial charge in [0.05, 0.1) is 23.4 Å². The normalized spacial score (nSPS) is 17.2. The summed E-state index contributed by atoms with van der Waals surface area (Å²) >= 11 is 1.56. The van der Waals surface area contributed by atoms with Crippen molar-refractivity contribution in [2.24, 2.45) is 10.9 Å². The number of aliphatic hydroxyl groups is 1. The van der Waals surface area contributed by atoms with E-state index >= 15 is 0 Å². The predicted molar refractivity (Wildman–Crippen MR) is 141 cm³/mol. The third-order valence-electron chi connectivity index (χ3n) is 6.33. The molecule has 1 aromatic heterocycles. The number of aliphatic hydroxyl groups excluding tert-OH is 1. The largest absolute Gasteiger partial charge is 0.392 e. The van der Waals surface area contributed by atoms with Crippen molar-refractivity contribution in [2.75, 3.05) is 11.9 Å². The highest BCUT2D eigenvalue weighted by molar-refractivity contribution is 7.09. The van der Waals surface area contributed by atoms with E-state index in [9.17, 15) is 14.7 Å². The van der Waals surface area contributed by atoms with E-state index in [0.29, 0.717) is 18.6 Å². The van der Waals surface area contributed by atoms with Crippen LogP contribution in [0.15, 0.2) is 77.1 Å². The lowest BCUT2D eigenvalue weighted by Gasteiger charge is -2.25. The van der Waals surface area contributed by atoms with Gasteiger partial charge in [0.25, 0.3) is 5.91 Å². The van der Waals surface area contributed by atoms with Crippen LogP contribution in [0.1, 0.15) is 42.2 Å². The van der Waals surface area contributed by atoms with E-state index < -0.39 is 18.2 Å². The first-order chi connectivity index (χ1) is 17.0. The van der Waals surface area contributed by atoms with Crippen LogP contribution in [0.3, 0.4) is 0 Å². The lowest BCUT2D eigenvalue weighted by atomic mass is 9.93. The Kier molecular flexibility index (Phi) is 8.10. The zero-order valence-corrected chi connectivity index (χ0v) is 20.9. The molecular weight excluding hydrogens is 458 g/mol. The summed E-state index contributed by atoms with van der Waals surface area (Å²) in [5.74, 6) is -1.36. The first kappa shape index (κ1) is 24.8. The Labute approximate surface area is 210 Å². The Morgan fingerprint density at radius 2 is 1.86 bits per heavy atom. The number of fused-ring (bicyclic) bond motifs is 1. The van der Waals surface area contributed by atoms with Crippen LogP contribution in [0, 0.1) is 5.92 Å². The van der Waals surface area contributed by atoms with Crippen LogP contribution < -0.4 is 10.2 Å². The Hall–Kier alpha value is -3.29. The molecule has 0 aliphatic carbocycles. The van der Waals surface area contributed by atoms with Gasteiger partial charge in [0.15, 0.2) is 0 Å². The lowest BCUT2D eigenvalue weighted by Crippen LogP contribution is -2.50. The number of para-hydroxylation sites is 1. The highest BCUT2D eigenvalue weighted by atomic mass is 32.1. The smallest absolute Gasteiger partial charge is 0.272 e. The van der Waals surface area contributed by atoms with Crippen molar-refractivity contribution < 1.29 is 14.7 Å². The van der Waals surface area contributed by atoms with Gasteiger partial charge in [-0.2, -0.15) is 0 Å². The van der Waals surface area contributed by atoms with Gasteiger partial charge in [-0.25, -0.2) is 4.99 Å². The standard InChI is InChI=1S/C28H31N3O3S/c1-3-4-16-24(32)22(18-20-13-10-17-35-20)27(33)30-26-28(34)31(2)23-15-9-8-14-21(23)25(29-26)19-11-6-5-7-12-19/h5-15,17,22,24,26,32H,3-4,16,18H2,1-2H3,(H,30,33)/t22-,24+,26?/m1/s1. The molecular formula is C28H31N3O3S. The number of hydrogen-bond donors (Lipinski definition) is 2. The van der Waals surface area contributed by atoms with Gasteiger partial charge in [-0.15, -0.1) is 11.3 Å². The molecule has 2 heterocycles. The van der Waals surface area contributed by atoms with Crippen LogP contribution in [0.25, 0.3) is 0 Å². The average Bonchev–Trinajstić information content (AvgIpc) is 3.38. The van der Waals surface area contributed by atoms with Gasteiger partial charge in [0.2, 0.25) is 12.1 Å². The predicted octanol–water partition coefficient (Wildman–Crippen LogP) is 4.41. The summed E-state index contributed by atoms with van der Waals surface area (Å²) in [5.41, 5.74) is 3.06. The van der Waals surface area contributed by atoms with Gasteiger partial charge in [-0.1, -0.05) is 74.4 Å². The van der Waals surface area contributed by atoms with E-state index in [1.165, 1.54) is 0 Å². The van der Waals surface area contributed by atoms with Crippen molar-refractivity contribution in [3.8, 4) is 0 Å². The highest BCUT2D eigenvalue weighted by Gasteiger charge is 2.34. The van der Waals surface area contributed by atoms with E-state index in [0.717, 1.165) is 34.5 Å². The summed E-state index contributed by atoms with van der Waals surface area (Å²) in [6, 6.07) is 21.2. The molecule has 182 valence electrons. The first-order valence-corrected chi connectivity index (χ1v) is 12.9. The zero-order valence-electron chi connectivity index (χ0n) is 20.1. The second-order valence-corrected chi connectivity index (χ2v) is 9.80. The van der Waals surface area contributed by atoms with E-state index in [-0.39, 0.29) is 11.8 Å². The zero-order chi connectivity index (χ0) is 24.8. The minimum atomic E-state index is -1.10. The summed E-state index contributed by atoms with van der Waals surface area (Å²) in [6.45, 7) is 2.05. The molecule has 2 amide bonds. The molecule has 2 aromatic carbocycles. The fourth-order valence-electron chi connectivity index (χ4n) is 4.35. The number of nitrogens with zero attached hydrogens (tertiary/aromatic N) is 2. The SMILES string of the molecule is CCCC[C@H](O)[C@@H](Cc1cccs1)C(=O)NC1N=C(c2ccccc2)c2ccccc2N(C)C1=O. The van der Waals surface area contributed by atoms with Crippen LogP contribution in [-0.4, -0.2) is 41.9 Å². The quantitative estimate of drug-likeness (QED) is 0.467. The molecule has 35 heavy (non-hydrogen) atoms. The van der Waals surface area contributed by atoms with Crippen LogP contribution in [0.4, 0.5) is 5.69 Å². The molecule has 2 N–H and O–H groups in total. The maximum atomic E-state index is 13.5. The molecule has 3 atom stereocenters. The lowest BCUT2D eigenvalue weighted by molar-refractivity contribution is -0.132. The minimum Gasteiger partial charge on any atom is -0.392 e. The highest BCUT2D eigenvalue weighted by Crippen LogP contribution is 2.27. The van der Waals surface area contributed by atoms with Crippen molar-refractivity contribution in [3.05, 3.63) is 88.1 Å². The van der Waals surface area contributed by atoms with Crippen LogP contribution in [0.2, 0.25) is 0 Å². The second-order valence-electron chi connectivity index (χ2n) is 8.77. The fourth-order valence-corrected chi connectivity index (χ4v) is 5.11. The number of nitrogens with one attached hydrogen (secondary N) is 1. The molecule has 1 unspecified atom stereocenters. The molecule has 0 bridgehead atoms. The number of benzodiazepines with no additional fused rings is 1. The summed E-state index contributed by atoms with van der Waals surface area (Å²) in [6.07, 6.45) is 0.804. The first-order valence-electron chi connectivity index (χ1n) is 12.0. The number of hydrogen-bond acceptors (Lipinski definition) is 5. The van der Waals surface area contributed by atoms with Crippen molar-refractivity contribution >= 4 is 34.6 Å². The van der Waals surface area contributed by atoms with Crippen LogP contribution >= 0.6 is 11.3 Å². The molecule has 1 aliphatic heterocycles. The number of amides is 2. The van der Waals surface area contributed by atoms with Crippen LogP contribution in [0.5, 0.6) is 0 Å². The Morgan fingerprint density at radius 3 is 2.57 bits per heavy atom. The molecule has 0 fully saturated rings. The third kappa shape index (κ3) is 5.69. The van der Waals surface area contributed by atoms with Gasteiger partial charge in [-0.05, 0) is 30.4 Å². The summed E-state index contributed by atoms with van der Waals surface area (Å²) in [7, 11) is 1.70. The Balaban J connectivity index is 1.67. The molecule has 0 saturated carbocycles. The number of carbonyl (C=O) groups is 2. The molecule has 0 saturated heterocycles. The van der Waals surface area contributed by atoms with Crippen molar-refractivity contribution in [1.29, 1.82) is 0 Å². The molecule has 0 radical (unpaired) electrons. The molecule has 3 aromatic rings. The van der Waals surface area contributed by atoms with E-state index in [2.05, 4.69) is 12.2 Å². The number of benzene rings is 2. The number of aliphatic imine (C=N–C) groups is 1. The molecule has 1 aliphatic rings.